The zero-order chi connectivity index (χ0) is 14.5. The zero-order valence-electron chi connectivity index (χ0n) is 10.6. The Labute approximate surface area is 115 Å². The second kappa shape index (κ2) is 5.85. The van der Waals surface area contributed by atoms with Gasteiger partial charge in [0.25, 0.3) is 0 Å². The molecule has 0 fully saturated rings. The average Bonchev–Trinajstić information content (AvgIpc) is 2.40. The summed E-state index contributed by atoms with van der Waals surface area (Å²) in [6.07, 6.45) is 0.132. The number of nitriles is 1. The molecule has 5 heteroatoms. The minimum absolute atomic E-state index is 0.0888. The Balaban J connectivity index is 2.11. The van der Waals surface area contributed by atoms with Gasteiger partial charge in [0.15, 0.2) is 0 Å². The second-order valence-corrected chi connectivity index (χ2v) is 4.27. The summed E-state index contributed by atoms with van der Waals surface area (Å²) < 4.78 is 13.0. The molecule has 0 spiro atoms. The highest BCUT2D eigenvalue weighted by Crippen LogP contribution is 2.16. The van der Waals surface area contributed by atoms with E-state index in [1.54, 1.807) is 24.3 Å². The third-order valence-electron chi connectivity index (χ3n) is 2.69. The number of halogens is 1. The molecule has 0 radical (unpaired) electrons. The normalized spacial score (nSPS) is 9.80. The summed E-state index contributed by atoms with van der Waals surface area (Å²) in [7, 11) is 0. The lowest BCUT2D eigenvalue weighted by molar-refractivity contribution is -0.115. The summed E-state index contributed by atoms with van der Waals surface area (Å²) in [5, 5.41) is 11.5. The van der Waals surface area contributed by atoms with Gasteiger partial charge >= 0.3 is 0 Å². The molecule has 3 N–H and O–H groups in total. The molecule has 20 heavy (non-hydrogen) atoms. The Morgan fingerprint density at radius 1 is 1.30 bits per heavy atom. The lowest BCUT2D eigenvalue weighted by Crippen LogP contribution is -2.15. The molecule has 0 bridgehead atoms. The van der Waals surface area contributed by atoms with E-state index in [0.717, 1.165) is 11.6 Å². The Morgan fingerprint density at radius 3 is 2.80 bits per heavy atom. The van der Waals surface area contributed by atoms with E-state index in [0.29, 0.717) is 11.4 Å². The number of hydrogen-bond acceptors (Lipinski definition) is 3. The summed E-state index contributed by atoms with van der Waals surface area (Å²) in [5.41, 5.74) is 7.36. The van der Waals surface area contributed by atoms with Crippen LogP contribution in [0.5, 0.6) is 0 Å². The summed E-state index contributed by atoms with van der Waals surface area (Å²) >= 11 is 0. The van der Waals surface area contributed by atoms with E-state index >= 15 is 0 Å². The fraction of sp³-hybridized carbons (Fsp3) is 0.0667. The molecule has 0 aliphatic heterocycles. The van der Waals surface area contributed by atoms with Gasteiger partial charge in [0.1, 0.15) is 11.9 Å². The summed E-state index contributed by atoms with van der Waals surface area (Å²) in [5.74, 6) is -0.811. The maximum atomic E-state index is 13.0. The Kier molecular flexibility index (Phi) is 3.96. The minimum Gasteiger partial charge on any atom is -0.399 e. The SMILES string of the molecule is N#Cc1cc(F)ccc1NC(=O)Cc1cccc(N)c1. The highest BCUT2D eigenvalue weighted by Gasteiger charge is 2.08. The molecular formula is C15H12FN3O. The number of amides is 1. The Morgan fingerprint density at radius 2 is 2.10 bits per heavy atom. The third kappa shape index (κ3) is 3.33. The van der Waals surface area contributed by atoms with Gasteiger partial charge in [-0.1, -0.05) is 12.1 Å². The molecule has 0 unspecified atom stereocenters. The average molecular weight is 269 g/mol. The van der Waals surface area contributed by atoms with Crippen molar-refractivity contribution in [2.75, 3.05) is 11.1 Å². The van der Waals surface area contributed by atoms with E-state index in [2.05, 4.69) is 5.32 Å². The first kappa shape index (κ1) is 13.6. The number of nitrogen functional groups attached to an aromatic ring is 1. The van der Waals surface area contributed by atoms with Crippen LogP contribution in [0, 0.1) is 17.1 Å². The number of rotatable bonds is 3. The van der Waals surface area contributed by atoms with Crippen LogP contribution in [0.4, 0.5) is 15.8 Å². The molecule has 2 rings (SSSR count). The number of anilines is 2. The fourth-order valence-corrected chi connectivity index (χ4v) is 1.80. The number of carbonyl (C=O) groups is 1. The molecule has 0 aliphatic rings. The molecule has 4 nitrogen and oxygen atoms in total. The molecular weight excluding hydrogens is 257 g/mol. The van der Waals surface area contributed by atoms with Gasteiger partial charge in [0.05, 0.1) is 17.7 Å². The lowest BCUT2D eigenvalue weighted by Gasteiger charge is -2.07. The summed E-state index contributed by atoms with van der Waals surface area (Å²) in [4.78, 5) is 11.9. The third-order valence-corrected chi connectivity index (χ3v) is 2.69. The van der Waals surface area contributed by atoms with E-state index < -0.39 is 5.82 Å². The standard InChI is InChI=1S/C15H12FN3O/c16-12-4-5-14(11(8-12)9-17)19-15(20)7-10-2-1-3-13(18)6-10/h1-6,8H,7,18H2,(H,19,20). The van der Waals surface area contributed by atoms with Crippen LogP contribution >= 0.6 is 0 Å². The van der Waals surface area contributed by atoms with Crippen LogP contribution in [0.3, 0.4) is 0 Å². The Hall–Kier alpha value is -2.87. The van der Waals surface area contributed by atoms with Crippen LogP contribution in [0.15, 0.2) is 42.5 Å². The van der Waals surface area contributed by atoms with E-state index in [-0.39, 0.29) is 17.9 Å². The van der Waals surface area contributed by atoms with Gasteiger partial charge in [-0.15, -0.1) is 0 Å². The molecule has 1 amide bonds. The van der Waals surface area contributed by atoms with Crippen molar-refractivity contribution in [1.82, 2.24) is 0 Å². The van der Waals surface area contributed by atoms with Crippen molar-refractivity contribution in [3.8, 4) is 6.07 Å². The highest BCUT2D eigenvalue weighted by molar-refractivity contribution is 5.93. The smallest absolute Gasteiger partial charge is 0.228 e. The van der Waals surface area contributed by atoms with E-state index in [1.807, 2.05) is 6.07 Å². The van der Waals surface area contributed by atoms with Crippen LogP contribution in [-0.2, 0) is 11.2 Å². The monoisotopic (exact) mass is 269 g/mol. The predicted octanol–water partition coefficient (Wildman–Crippen LogP) is 2.46. The largest absolute Gasteiger partial charge is 0.399 e. The molecule has 0 atom stereocenters. The van der Waals surface area contributed by atoms with Crippen molar-refractivity contribution < 1.29 is 9.18 Å². The zero-order valence-corrected chi connectivity index (χ0v) is 10.6. The molecule has 0 saturated heterocycles. The quantitative estimate of drug-likeness (QED) is 0.840. The van der Waals surface area contributed by atoms with Crippen LogP contribution in [0.2, 0.25) is 0 Å². The summed E-state index contributed by atoms with van der Waals surface area (Å²) in [6, 6.07) is 12.5. The van der Waals surface area contributed by atoms with Crippen LogP contribution in [0.1, 0.15) is 11.1 Å². The van der Waals surface area contributed by atoms with Gasteiger partial charge in [-0.25, -0.2) is 4.39 Å². The number of benzene rings is 2. The molecule has 0 aliphatic carbocycles. The van der Waals surface area contributed by atoms with Gasteiger partial charge in [-0.2, -0.15) is 5.26 Å². The van der Waals surface area contributed by atoms with E-state index in [1.165, 1.54) is 12.1 Å². The van der Waals surface area contributed by atoms with Gasteiger partial charge in [-0.05, 0) is 35.9 Å². The van der Waals surface area contributed by atoms with E-state index in [9.17, 15) is 9.18 Å². The van der Waals surface area contributed by atoms with Crippen molar-refractivity contribution in [1.29, 1.82) is 5.26 Å². The molecule has 0 aromatic heterocycles. The molecule has 0 saturated carbocycles. The van der Waals surface area contributed by atoms with Gasteiger partial charge in [0.2, 0.25) is 5.91 Å². The minimum atomic E-state index is -0.518. The van der Waals surface area contributed by atoms with Crippen molar-refractivity contribution in [3.05, 3.63) is 59.4 Å². The molecule has 2 aromatic carbocycles. The second-order valence-electron chi connectivity index (χ2n) is 4.27. The van der Waals surface area contributed by atoms with Crippen molar-refractivity contribution in [3.63, 3.8) is 0 Å². The van der Waals surface area contributed by atoms with Gasteiger partial charge < -0.3 is 11.1 Å². The van der Waals surface area contributed by atoms with Crippen LogP contribution < -0.4 is 11.1 Å². The maximum absolute atomic E-state index is 13.0. The molecule has 0 heterocycles. The number of nitrogens with two attached hydrogens (primary N) is 1. The molecule has 2 aromatic rings. The number of hydrogen-bond donors (Lipinski definition) is 2. The van der Waals surface area contributed by atoms with Crippen molar-refractivity contribution in [2.24, 2.45) is 0 Å². The lowest BCUT2D eigenvalue weighted by atomic mass is 10.1. The molecule has 100 valence electrons. The van der Waals surface area contributed by atoms with E-state index in [4.69, 9.17) is 11.0 Å². The van der Waals surface area contributed by atoms with Crippen molar-refractivity contribution in [2.45, 2.75) is 6.42 Å². The van der Waals surface area contributed by atoms with Crippen LogP contribution in [0.25, 0.3) is 0 Å². The van der Waals surface area contributed by atoms with Crippen LogP contribution in [-0.4, -0.2) is 5.91 Å². The maximum Gasteiger partial charge on any atom is 0.228 e. The van der Waals surface area contributed by atoms with Gasteiger partial charge in [0, 0.05) is 5.69 Å². The fourth-order valence-electron chi connectivity index (χ4n) is 1.80. The predicted molar refractivity (Wildman–Crippen MR) is 74.3 cm³/mol. The Bertz CT molecular complexity index is 692. The van der Waals surface area contributed by atoms with Gasteiger partial charge in [-0.3, -0.25) is 4.79 Å². The first-order valence-corrected chi connectivity index (χ1v) is 5.92. The summed E-state index contributed by atoms with van der Waals surface area (Å²) in [6.45, 7) is 0. The highest BCUT2D eigenvalue weighted by atomic mass is 19.1. The topological polar surface area (TPSA) is 78.9 Å². The first-order chi connectivity index (χ1) is 9.58. The number of nitrogens with one attached hydrogen (secondary N) is 1. The number of nitrogens with zero attached hydrogens (tertiary/aromatic N) is 1. The van der Waals surface area contributed by atoms with Crippen molar-refractivity contribution >= 4 is 17.3 Å². The first-order valence-electron chi connectivity index (χ1n) is 5.92. The number of carbonyl (C=O) groups excluding carboxylic acids is 1.